The summed E-state index contributed by atoms with van der Waals surface area (Å²) in [7, 11) is 0. The van der Waals surface area contributed by atoms with Gasteiger partial charge in [0.25, 0.3) is 0 Å². The zero-order valence-electron chi connectivity index (χ0n) is 16.4. The minimum atomic E-state index is 0. The van der Waals surface area contributed by atoms with Crippen LogP contribution in [0.1, 0.15) is 77.6 Å². The van der Waals surface area contributed by atoms with E-state index < -0.39 is 0 Å². The number of ether oxygens (including phenoxy) is 2. The summed E-state index contributed by atoms with van der Waals surface area (Å²) in [6.45, 7) is 4.84. The molecule has 0 aromatic rings. The number of fused-ring (bicyclic) bond motifs is 2. The maximum absolute atomic E-state index is 5.99. The molecule has 3 atom stereocenters. The maximum Gasteiger partial charge on any atom is 0.191 e. The molecule has 1 saturated carbocycles. The van der Waals surface area contributed by atoms with Crippen molar-refractivity contribution in [3.63, 3.8) is 0 Å². The zero-order valence-corrected chi connectivity index (χ0v) is 18.7. The molecule has 2 heterocycles. The molecule has 0 aromatic carbocycles. The fourth-order valence-electron chi connectivity index (χ4n) is 4.35. The third kappa shape index (κ3) is 7.15. The van der Waals surface area contributed by atoms with Gasteiger partial charge in [0.2, 0.25) is 0 Å². The highest BCUT2D eigenvalue weighted by molar-refractivity contribution is 14.0. The van der Waals surface area contributed by atoms with Gasteiger partial charge < -0.3 is 20.1 Å². The Hall–Kier alpha value is -0.0800. The summed E-state index contributed by atoms with van der Waals surface area (Å²) in [6.07, 6.45) is 15.1. The number of guanidine groups is 1. The molecule has 5 nitrogen and oxygen atoms in total. The van der Waals surface area contributed by atoms with Gasteiger partial charge in [0.1, 0.15) is 0 Å². The van der Waals surface area contributed by atoms with Crippen molar-refractivity contribution in [2.24, 2.45) is 4.99 Å². The van der Waals surface area contributed by atoms with E-state index in [2.05, 4.69) is 17.6 Å². The number of aliphatic imine (C=N–C) groups is 1. The van der Waals surface area contributed by atoms with Crippen molar-refractivity contribution in [1.29, 1.82) is 0 Å². The topological polar surface area (TPSA) is 54.9 Å². The van der Waals surface area contributed by atoms with Crippen LogP contribution in [0.5, 0.6) is 0 Å². The molecule has 152 valence electrons. The second-order valence-electron chi connectivity index (χ2n) is 7.81. The van der Waals surface area contributed by atoms with Crippen molar-refractivity contribution in [2.45, 2.75) is 102 Å². The van der Waals surface area contributed by atoms with Crippen LogP contribution in [0, 0.1) is 0 Å². The third-order valence-electron chi connectivity index (χ3n) is 5.75. The molecule has 0 amide bonds. The first kappa shape index (κ1) is 22.2. The van der Waals surface area contributed by atoms with E-state index in [0.29, 0.717) is 24.4 Å². The van der Waals surface area contributed by atoms with Crippen LogP contribution in [0.3, 0.4) is 0 Å². The normalized spacial score (nSPS) is 28.8. The molecule has 26 heavy (non-hydrogen) atoms. The summed E-state index contributed by atoms with van der Waals surface area (Å²) in [5.74, 6) is 0.960. The lowest BCUT2D eigenvalue weighted by atomic mass is 9.96. The van der Waals surface area contributed by atoms with Crippen molar-refractivity contribution in [3.05, 3.63) is 0 Å². The summed E-state index contributed by atoms with van der Waals surface area (Å²) in [5.41, 5.74) is 0. The smallest absolute Gasteiger partial charge is 0.191 e. The highest BCUT2D eigenvalue weighted by Crippen LogP contribution is 2.34. The predicted octanol–water partition coefficient (Wildman–Crippen LogP) is 4.00. The Morgan fingerprint density at radius 3 is 2.62 bits per heavy atom. The third-order valence-corrected chi connectivity index (χ3v) is 5.75. The van der Waals surface area contributed by atoms with Gasteiger partial charge in [0.05, 0.1) is 24.4 Å². The maximum atomic E-state index is 5.99. The monoisotopic (exact) mass is 479 g/mol. The van der Waals surface area contributed by atoms with Gasteiger partial charge in [-0.3, -0.25) is 4.99 Å². The lowest BCUT2D eigenvalue weighted by Gasteiger charge is -2.22. The zero-order chi connectivity index (χ0) is 17.3. The molecule has 0 spiro atoms. The molecule has 3 aliphatic rings. The van der Waals surface area contributed by atoms with Gasteiger partial charge >= 0.3 is 0 Å². The van der Waals surface area contributed by atoms with E-state index in [1.54, 1.807) is 0 Å². The summed E-state index contributed by atoms with van der Waals surface area (Å²) >= 11 is 0. The van der Waals surface area contributed by atoms with Crippen molar-refractivity contribution >= 4 is 29.9 Å². The minimum absolute atomic E-state index is 0. The molecule has 6 heteroatoms. The Bertz CT molecular complexity index is 416. The van der Waals surface area contributed by atoms with Gasteiger partial charge in [-0.25, -0.2) is 0 Å². The Morgan fingerprint density at radius 2 is 1.92 bits per heavy atom. The Morgan fingerprint density at radius 1 is 1.08 bits per heavy atom. The molecular formula is C20H38IN3O2. The number of nitrogens with zero attached hydrogens (tertiary/aromatic N) is 1. The lowest BCUT2D eigenvalue weighted by molar-refractivity contribution is 0.0264. The molecule has 2 saturated heterocycles. The average molecular weight is 479 g/mol. The van der Waals surface area contributed by atoms with Gasteiger partial charge in [-0.2, -0.15) is 0 Å². The molecule has 1 aliphatic carbocycles. The van der Waals surface area contributed by atoms with Crippen LogP contribution in [0.25, 0.3) is 0 Å². The second kappa shape index (κ2) is 12.4. The van der Waals surface area contributed by atoms with E-state index >= 15 is 0 Å². The summed E-state index contributed by atoms with van der Waals surface area (Å²) in [5, 5.41) is 6.96. The average Bonchev–Trinajstić information content (AvgIpc) is 3.25. The van der Waals surface area contributed by atoms with E-state index in [0.717, 1.165) is 44.9 Å². The number of rotatable bonds is 9. The number of halogens is 1. The lowest BCUT2D eigenvalue weighted by Crippen LogP contribution is -2.47. The van der Waals surface area contributed by atoms with E-state index in [9.17, 15) is 0 Å². The van der Waals surface area contributed by atoms with Crippen LogP contribution in [0.2, 0.25) is 0 Å². The molecule has 0 aromatic heterocycles. The fraction of sp³-hybridized carbons (Fsp3) is 0.950. The van der Waals surface area contributed by atoms with Gasteiger partial charge in [-0.1, -0.05) is 19.3 Å². The number of nitrogens with one attached hydrogen (secondary N) is 2. The first-order chi connectivity index (χ1) is 12.3. The second-order valence-corrected chi connectivity index (χ2v) is 7.81. The standard InChI is InChI=1S/C20H37N3O2.HI/c1-2-21-20(23-18-15-17-11-12-19(18)25-17)22-13-7-4-8-14-24-16-9-5-3-6-10-16;/h16-19H,2-15H2,1H3,(H2,21,22,23);1H. The fourth-order valence-corrected chi connectivity index (χ4v) is 4.35. The molecule has 3 rings (SSSR count). The molecule has 0 radical (unpaired) electrons. The first-order valence-electron chi connectivity index (χ1n) is 10.7. The van der Waals surface area contributed by atoms with Crippen LogP contribution in [-0.4, -0.2) is 50.0 Å². The summed E-state index contributed by atoms with van der Waals surface area (Å²) < 4.78 is 11.9. The van der Waals surface area contributed by atoms with Crippen LogP contribution < -0.4 is 10.6 Å². The summed E-state index contributed by atoms with van der Waals surface area (Å²) in [4.78, 5) is 4.75. The van der Waals surface area contributed by atoms with Gasteiger partial charge in [0.15, 0.2) is 5.96 Å². The Kier molecular flexibility index (Phi) is 10.6. The Labute approximate surface area is 176 Å². The van der Waals surface area contributed by atoms with Gasteiger partial charge in [-0.15, -0.1) is 24.0 Å². The van der Waals surface area contributed by atoms with Gasteiger partial charge in [0, 0.05) is 19.7 Å². The van der Waals surface area contributed by atoms with Gasteiger partial charge in [-0.05, 0) is 58.3 Å². The highest BCUT2D eigenvalue weighted by Gasteiger charge is 2.41. The first-order valence-corrected chi connectivity index (χ1v) is 10.7. The molecule has 2 N–H and O–H groups in total. The number of hydrogen-bond donors (Lipinski definition) is 2. The molecule has 2 aliphatic heterocycles. The van der Waals surface area contributed by atoms with Crippen molar-refractivity contribution in [1.82, 2.24) is 10.6 Å². The van der Waals surface area contributed by atoms with Crippen LogP contribution in [0.15, 0.2) is 4.99 Å². The van der Waals surface area contributed by atoms with E-state index in [-0.39, 0.29) is 24.0 Å². The van der Waals surface area contributed by atoms with E-state index in [1.807, 2.05) is 0 Å². The van der Waals surface area contributed by atoms with Crippen molar-refractivity contribution in [3.8, 4) is 0 Å². The van der Waals surface area contributed by atoms with Crippen molar-refractivity contribution in [2.75, 3.05) is 19.7 Å². The quantitative estimate of drug-likeness (QED) is 0.227. The predicted molar refractivity (Wildman–Crippen MR) is 118 cm³/mol. The number of hydrogen-bond acceptors (Lipinski definition) is 3. The van der Waals surface area contributed by atoms with Crippen LogP contribution >= 0.6 is 24.0 Å². The van der Waals surface area contributed by atoms with E-state index in [1.165, 1.54) is 51.4 Å². The Balaban J connectivity index is 0.00000243. The molecule has 3 fully saturated rings. The molecular weight excluding hydrogens is 441 g/mol. The molecule has 3 unspecified atom stereocenters. The molecule has 2 bridgehead atoms. The SMILES string of the molecule is CCNC(=NCCCCCOC1CCCCC1)NC1CC2CCC1O2.I. The highest BCUT2D eigenvalue weighted by atomic mass is 127. The summed E-state index contributed by atoms with van der Waals surface area (Å²) in [6, 6.07) is 0.445. The van der Waals surface area contributed by atoms with Crippen molar-refractivity contribution < 1.29 is 9.47 Å². The van der Waals surface area contributed by atoms with E-state index in [4.69, 9.17) is 14.5 Å². The minimum Gasteiger partial charge on any atom is -0.378 e. The number of unbranched alkanes of at least 4 members (excludes halogenated alkanes) is 2. The largest absolute Gasteiger partial charge is 0.378 e. The van der Waals surface area contributed by atoms with Crippen LogP contribution in [0.4, 0.5) is 0 Å². The van der Waals surface area contributed by atoms with Crippen LogP contribution in [-0.2, 0) is 9.47 Å².